The number of benzene rings is 3. The van der Waals surface area contributed by atoms with E-state index in [9.17, 15) is 14.7 Å². The first kappa shape index (κ1) is 28.8. The van der Waals surface area contributed by atoms with Gasteiger partial charge in [-0.3, -0.25) is 4.79 Å². The molecule has 5 nitrogen and oxygen atoms in total. The van der Waals surface area contributed by atoms with Crippen LogP contribution in [0.25, 0.3) is 11.1 Å². The standard InChI is InChI=1S/C30H35NO4S2/c1-4-37-20-28(23-11-6-5-7-12-23)35-19-22-14-15-25(26(18-22)24-13-9-8-10-21(24)2)29(32)31-27(30(33)34)16-17-36-3/h5-15,18,27-28H,4,16-17,19-20H2,1-3H3,(H,31,32)(H,33,34). The van der Waals surface area contributed by atoms with Gasteiger partial charge in [-0.1, -0.05) is 67.6 Å². The summed E-state index contributed by atoms with van der Waals surface area (Å²) in [6.45, 7) is 4.54. The molecule has 2 unspecified atom stereocenters. The average molecular weight is 538 g/mol. The summed E-state index contributed by atoms with van der Waals surface area (Å²) < 4.78 is 6.38. The van der Waals surface area contributed by atoms with Crippen LogP contribution < -0.4 is 5.32 Å². The smallest absolute Gasteiger partial charge is 0.326 e. The van der Waals surface area contributed by atoms with Crippen LogP contribution in [0.15, 0.2) is 72.8 Å². The van der Waals surface area contributed by atoms with E-state index in [0.29, 0.717) is 24.3 Å². The molecule has 0 fully saturated rings. The molecule has 1 amide bonds. The summed E-state index contributed by atoms with van der Waals surface area (Å²) in [5.74, 6) is 1.11. The number of aryl methyl sites for hydroxylation is 1. The Bertz CT molecular complexity index is 1170. The average Bonchev–Trinajstić information content (AvgIpc) is 2.91. The monoisotopic (exact) mass is 537 g/mol. The van der Waals surface area contributed by atoms with Crippen LogP contribution in [0.1, 0.15) is 46.5 Å². The summed E-state index contributed by atoms with van der Waals surface area (Å²) in [5, 5.41) is 12.3. The Hall–Kier alpha value is -2.74. The Labute approximate surface area is 228 Å². The molecule has 2 atom stereocenters. The number of rotatable bonds is 14. The van der Waals surface area contributed by atoms with Crippen molar-refractivity contribution in [2.75, 3.05) is 23.5 Å². The molecule has 0 radical (unpaired) electrons. The number of carbonyl (C=O) groups excluding carboxylic acids is 1. The Morgan fingerprint density at radius 1 is 1.00 bits per heavy atom. The number of amides is 1. The molecule has 0 aromatic heterocycles. The molecule has 2 N–H and O–H groups in total. The lowest BCUT2D eigenvalue weighted by molar-refractivity contribution is -0.139. The molecule has 0 aliphatic rings. The Kier molecular flexibility index (Phi) is 11.6. The molecule has 0 saturated heterocycles. The van der Waals surface area contributed by atoms with E-state index in [2.05, 4.69) is 24.4 Å². The molecule has 37 heavy (non-hydrogen) atoms. The molecule has 3 aromatic rings. The van der Waals surface area contributed by atoms with E-state index in [0.717, 1.165) is 39.3 Å². The highest BCUT2D eigenvalue weighted by molar-refractivity contribution is 7.99. The maximum Gasteiger partial charge on any atom is 0.326 e. The molecular weight excluding hydrogens is 502 g/mol. The van der Waals surface area contributed by atoms with Crippen LogP contribution in [-0.4, -0.2) is 46.5 Å². The van der Waals surface area contributed by atoms with Crippen LogP contribution in [0, 0.1) is 6.92 Å². The number of thioether (sulfide) groups is 2. The lowest BCUT2D eigenvalue weighted by Crippen LogP contribution is -2.41. The van der Waals surface area contributed by atoms with Crippen LogP contribution in [0.3, 0.4) is 0 Å². The molecule has 0 saturated carbocycles. The summed E-state index contributed by atoms with van der Waals surface area (Å²) in [4.78, 5) is 25.0. The Morgan fingerprint density at radius 2 is 1.73 bits per heavy atom. The van der Waals surface area contributed by atoms with Gasteiger partial charge in [0.25, 0.3) is 5.91 Å². The fourth-order valence-electron chi connectivity index (χ4n) is 4.04. The molecule has 196 valence electrons. The molecule has 0 aliphatic heterocycles. The van der Waals surface area contributed by atoms with E-state index in [1.807, 2.05) is 79.5 Å². The second kappa shape index (κ2) is 14.9. The quantitative estimate of drug-likeness (QED) is 0.241. The van der Waals surface area contributed by atoms with Crippen molar-refractivity contribution in [2.45, 2.75) is 39.0 Å². The van der Waals surface area contributed by atoms with E-state index < -0.39 is 12.0 Å². The number of ether oxygens (including phenoxy) is 1. The van der Waals surface area contributed by atoms with Gasteiger partial charge in [0.05, 0.1) is 12.7 Å². The number of aliphatic carboxylic acids is 1. The zero-order valence-electron chi connectivity index (χ0n) is 21.6. The largest absolute Gasteiger partial charge is 0.480 e. The van der Waals surface area contributed by atoms with Crippen LogP contribution in [0.4, 0.5) is 0 Å². The van der Waals surface area contributed by atoms with E-state index in [4.69, 9.17) is 4.74 Å². The zero-order valence-corrected chi connectivity index (χ0v) is 23.2. The maximum absolute atomic E-state index is 13.3. The summed E-state index contributed by atoms with van der Waals surface area (Å²) in [5.41, 5.74) is 5.29. The van der Waals surface area contributed by atoms with Crippen molar-refractivity contribution in [3.05, 3.63) is 95.1 Å². The normalized spacial score (nSPS) is 12.6. The highest BCUT2D eigenvalue weighted by Gasteiger charge is 2.23. The van der Waals surface area contributed by atoms with E-state index in [1.54, 1.807) is 17.8 Å². The van der Waals surface area contributed by atoms with Gasteiger partial charge < -0.3 is 15.2 Å². The van der Waals surface area contributed by atoms with Gasteiger partial charge in [0.1, 0.15) is 6.04 Å². The molecule has 7 heteroatoms. The highest BCUT2D eigenvalue weighted by atomic mass is 32.2. The second-order valence-electron chi connectivity index (χ2n) is 8.71. The fraction of sp³-hybridized carbons (Fsp3) is 0.333. The second-order valence-corrected chi connectivity index (χ2v) is 11.0. The van der Waals surface area contributed by atoms with Crippen molar-refractivity contribution in [3.8, 4) is 11.1 Å². The molecule has 0 aliphatic carbocycles. The maximum atomic E-state index is 13.3. The predicted octanol–water partition coefficient (Wildman–Crippen LogP) is 6.61. The van der Waals surface area contributed by atoms with Gasteiger partial charge in [-0.15, -0.1) is 0 Å². The number of hydrogen-bond acceptors (Lipinski definition) is 5. The summed E-state index contributed by atoms with van der Waals surface area (Å²) in [6, 6.07) is 22.8. The number of nitrogens with one attached hydrogen (secondary N) is 1. The van der Waals surface area contributed by atoms with E-state index in [1.165, 1.54) is 0 Å². The zero-order chi connectivity index (χ0) is 26.6. The minimum Gasteiger partial charge on any atom is -0.480 e. The fourth-order valence-corrected chi connectivity index (χ4v) is 5.25. The molecule has 0 spiro atoms. The lowest BCUT2D eigenvalue weighted by atomic mass is 9.93. The lowest BCUT2D eigenvalue weighted by Gasteiger charge is -2.20. The van der Waals surface area contributed by atoms with Gasteiger partial charge in [-0.2, -0.15) is 23.5 Å². The third kappa shape index (κ3) is 8.38. The van der Waals surface area contributed by atoms with E-state index in [-0.39, 0.29) is 12.0 Å². The van der Waals surface area contributed by atoms with E-state index >= 15 is 0 Å². The number of hydrogen-bond donors (Lipinski definition) is 2. The summed E-state index contributed by atoms with van der Waals surface area (Å²) in [6.07, 6.45) is 2.25. The van der Waals surface area contributed by atoms with Gasteiger partial charge in [-0.05, 0) is 71.1 Å². The van der Waals surface area contributed by atoms with Crippen molar-refractivity contribution in [2.24, 2.45) is 0 Å². The molecular formula is C30H35NO4S2. The van der Waals surface area contributed by atoms with Crippen molar-refractivity contribution < 1.29 is 19.4 Å². The minimum absolute atomic E-state index is 0.0382. The van der Waals surface area contributed by atoms with Crippen molar-refractivity contribution in [3.63, 3.8) is 0 Å². The first-order valence-corrected chi connectivity index (χ1v) is 14.9. The number of carboxylic acid groups (broad SMARTS) is 1. The summed E-state index contributed by atoms with van der Waals surface area (Å²) in [7, 11) is 0. The van der Waals surface area contributed by atoms with Crippen LogP contribution >= 0.6 is 23.5 Å². The molecule has 3 rings (SSSR count). The van der Waals surface area contributed by atoms with Gasteiger partial charge >= 0.3 is 5.97 Å². The predicted molar refractivity (Wildman–Crippen MR) is 155 cm³/mol. The van der Waals surface area contributed by atoms with Gasteiger partial charge in [-0.25, -0.2) is 4.79 Å². The van der Waals surface area contributed by atoms with Gasteiger partial charge in [0.2, 0.25) is 0 Å². The number of carbonyl (C=O) groups is 2. The SMILES string of the molecule is CCSCC(OCc1ccc(C(=O)NC(CCSC)C(=O)O)c(-c2ccccc2C)c1)c1ccccc1. The third-order valence-corrected chi connectivity index (χ3v) is 7.66. The van der Waals surface area contributed by atoms with Crippen molar-refractivity contribution in [1.82, 2.24) is 5.32 Å². The van der Waals surface area contributed by atoms with Crippen LogP contribution in [-0.2, 0) is 16.1 Å². The Balaban J connectivity index is 1.89. The minimum atomic E-state index is -1.03. The van der Waals surface area contributed by atoms with Gasteiger partial charge in [0.15, 0.2) is 0 Å². The van der Waals surface area contributed by atoms with Gasteiger partial charge in [0, 0.05) is 11.3 Å². The molecule has 0 bridgehead atoms. The van der Waals surface area contributed by atoms with Crippen LogP contribution in [0.5, 0.6) is 0 Å². The first-order valence-electron chi connectivity index (χ1n) is 12.4. The van der Waals surface area contributed by atoms with Crippen molar-refractivity contribution in [1.29, 1.82) is 0 Å². The highest BCUT2D eigenvalue weighted by Crippen LogP contribution is 2.30. The number of carboxylic acids is 1. The Morgan fingerprint density at radius 3 is 2.41 bits per heavy atom. The third-order valence-electron chi connectivity index (χ3n) is 6.07. The molecule has 3 aromatic carbocycles. The topological polar surface area (TPSA) is 75.6 Å². The van der Waals surface area contributed by atoms with Crippen LogP contribution in [0.2, 0.25) is 0 Å². The first-order chi connectivity index (χ1) is 17.9. The summed E-state index contributed by atoms with van der Waals surface area (Å²) >= 11 is 3.40. The molecule has 0 heterocycles. The van der Waals surface area contributed by atoms with Crippen molar-refractivity contribution >= 4 is 35.4 Å².